The largest absolute Gasteiger partial charge is 0.453 e. The van der Waals surface area contributed by atoms with Gasteiger partial charge in [-0.1, -0.05) is 55.5 Å². The van der Waals surface area contributed by atoms with E-state index in [1.165, 1.54) is 7.11 Å². The predicted octanol–water partition coefficient (Wildman–Crippen LogP) is 8.31. The highest BCUT2D eigenvalue weighted by Gasteiger charge is 2.74. The number of hydrogen-bond donors (Lipinski definition) is 4. The number of fused-ring (bicyclic) bond motifs is 4. The van der Waals surface area contributed by atoms with Gasteiger partial charge in [0.2, 0.25) is 11.8 Å². The van der Waals surface area contributed by atoms with E-state index in [0.29, 0.717) is 17.7 Å². The number of imidazole rings is 2. The lowest BCUT2D eigenvalue weighted by atomic mass is 9.79. The van der Waals surface area contributed by atoms with Crippen molar-refractivity contribution < 1.29 is 41.5 Å². The Morgan fingerprint density at radius 2 is 1.23 bits per heavy atom. The van der Waals surface area contributed by atoms with Gasteiger partial charge >= 0.3 is 6.09 Å². The normalized spacial score (nSPS) is 35.2. The highest BCUT2D eigenvalue weighted by atomic mass is 19.3. The van der Waals surface area contributed by atoms with E-state index < -0.39 is 53.7 Å². The number of ketones is 1. The maximum absolute atomic E-state index is 14.4. The molecule has 0 radical (unpaired) electrons. The van der Waals surface area contributed by atoms with E-state index in [-0.39, 0.29) is 91.4 Å². The number of carbonyl (C=O) groups is 4. The summed E-state index contributed by atoms with van der Waals surface area (Å²) in [5, 5.41) is 5.65. The second-order valence-electron chi connectivity index (χ2n) is 20.7. The lowest BCUT2D eigenvalue weighted by Crippen LogP contribution is -2.53. The lowest BCUT2D eigenvalue weighted by molar-refractivity contribution is -0.137. The zero-order valence-corrected chi connectivity index (χ0v) is 36.7. The molecule has 346 valence electrons. The Kier molecular flexibility index (Phi) is 9.50. The van der Waals surface area contributed by atoms with E-state index in [1.807, 2.05) is 65.8 Å². The van der Waals surface area contributed by atoms with Crippen molar-refractivity contribution in [2.45, 2.75) is 107 Å². The molecule has 2 aromatic heterocycles. The zero-order chi connectivity index (χ0) is 45.6. The number of benzene rings is 2. The van der Waals surface area contributed by atoms with Crippen LogP contribution in [-0.2, 0) is 19.1 Å². The fourth-order valence-electron chi connectivity index (χ4n) is 13.3. The first-order valence-corrected chi connectivity index (χ1v) is 23.8. The van der Waals surface area contributed by atoms with Crippen molar-refractivity contribution in [3.05, 3.63) is 72.6 Å². The number of alkyl carbamates (subject to hydrolysis) is 1. The average Bonchev–Trinajstić information content (AvgIpc) is 4.01. The average molecular weight is 908 g/mol. The van der Waals surface area contributed by atoms with Gasteiger partial charge in [-0.25, -0.2) is 32.3 Å². The molecule has 0 spiro atoms. The van der Waals surface area contributed by atoms with Crippen molar-refractivity contribution in [2.75, 3.05) is 7.11 Å². The van der Waals surface area contributed by atoms with Crippen LogP contribution in [0.3, 0.4) is 0 Å². The highest BCUT2D eigenvalue weighted by Crippen LogP contribution is 2.68. The van der Waals surface area contributed by atoms with Gasteiger partial charge in [0.1, 0.15) is 17.7 Å². The number of ether oxygens (including phenoxy) is 1. The first-order chi connectivity index (χ1) is 31.7. The van der Waals surface area contributed by atoms with Crippen LogP contribution in [0.5, 0.6) is 0 Å². The third-order valence-electron chi connectivity index (χ3n) is 17.2. The third kappa shape index (κ3) is 6.80. The number of methoxy groups -OCH3 is 1. The number of likely N-dealkylation sites (tertiary alicyclic amines) is 1. The van der Waals surface area contributed by atoms with E-state index in [4.69, 9.17) is 14.7 Å². The number of Topliss-reactive ketones (excluding diaryl/α,β-unsaturated/α-hetero) is 1. The van der Waals surface area contributed by atoms with E-state index in [0.717, 1.165) is 65.1 Å². The second kappa shape index (κ2) is 15.0. The molecule has 12 nitrogen and oxygen atoms in total. The summed E-state index contributed by atoms with van der Waals surface area (Å²) in [5.41, 5.74) is 5.30. The number of nitrogens with zero attached hydrogens (tertiary/aromatic N) is 3. The summed E-state index contributed by atoms with van der Waals surface area (Å²) in [6, 6.07) is 14.2. The molecule has 15 atom stereocenters. The van der Waals surface area contributed by atoms with Gasteiger partial charge in [0.05, 0.1) is 30.6 Å². The van der Waals surface area contributed by atoms with Crippen LogP contribution in [0.4, 0.5) is 22.4 Å². The molecule has 3 unspecified atom stereocenters. The second-order valence-corrected chi connectivity index (χ2v) is 20.7. The van der Waals surface area contributed by atoms with Gasteiger partial charge in [-0.15, -0.1) is 0 Å². The van der Waals surface area contributed by atoms with Gasteiger partial charge in [0, 0.05) is 71.5 Å². The number of halogens is 4. The SMILES string of the molecule is CCC(=O)NC(C(=O)C1[C@H](c2nc(-c3ccc(-c4ccc(-c5c[nH]c([C@@H]6C[C@H]7C[C@H]7N6C(=O)C(NC(=O)OC)[C@@H]6C[C@@H]7[C@H](C6)C7(F)F)n5)cc4)cc3)c[nH]2)C[C@H]2C[C@@H]12)[C@@H]1C[C@@H]2[C@H](C1)C2(F)F. The van der Waals surface area contributed by atoms with Crippen LogP contribution in [0, 0.1) is 59.2 Å². The summed E-state index contributed by atoms with van der Waals surface area (Å²) >= 11 is 0. The maximum atomic E-state index is 14.4. The van der Waals surface area contributed by atoms with Crippen LogP contribution in [0.25, 0.3) is 33.6 Å². The third-order valence-corrected chi connectivity index (χ3v) is 17.2. The Labute approximate surface area is 378 Å². The Hall–Kier alpha value is -5.54. The predicted molar refractivity (Wildman–Crippen MR) is 231 cm³/mol. The highest BCUT2D eigenvalue weighted by molar-refractivity contribution is 5.92. The molecule has 1 aliphatic heterocycles. The molecule has 7 saturated carbocycles. The van der Waals surface area contributed by atoms with Crippen LogP contribution >= 0.6 is 0 Å². The van der Waals surface area contributed by atoms with Gasteiger partial charge in [0.25, 0.3) is 11.8 Å². The van der Waals surface area contributed by atoms with Crippen molar-refractivity contribution in [1.82, 2.24) is 35.5 Å². The minimum absolute atomic E-state index is 0.0208. The number of rotatable bonds is 13. The first-order valence-electron chi connectivity index (χ1n) is 23.8. The number of amides is 3. The molecule has 4 aromatic rings. The van der Waals surface area contributed by atoms with Gasteiger partial charge in [-0.3, -0.25) is 14.4 Å². The van der Waals surface area contributed by atoms with E-state index >= 15 is 0 Å². The van der Waals surface area contributed by atoms with Crippen LogP contribution in [0.15, 0.2) is 60.9 Å². The molecule has 12 rings (SSSR count). The zero-order valence-electron chi connectivity index (χ0n) is 36.7. The minimum atomic E-state index is -2.69. The molecule has 7 aliphatic carbocycles. The molecule has 1 saturated heterocycles. The number of hydrogen-bond acceptors (Lipinski definition) is 7. The van der Waals surface area contributed by atoms with E-state index in [1.54, 1.807) is 6.92 Å². The molecule has 16 heteroatoms. The van der Waals surface area contributed by atoms with Gasteiger partial charge in [-0.05, 0) is 92.1 Å². The van der Waals surface area contributed by atoms with Crippen molar-refractivity contribution in [1.29, 1.82) is 0 Å². The fourth-order valence-corrected chi connectivity index (χ4v) is 13.3. The number of H-pyrrole nitrogens is 2. The van der Waals surface area contributed by atoms with E-state index in [9.17, 15) is 36.7 Å². The topological polar surface area (TPSA) is 162 Å². The Bertz CT molecular complexity index is 2410. The standard InChI is InChI=1S/C50H53F4N7O5/c1-3-40(62)59-42(28-14-32-33(15-28)49(32,51)52)44(63)41-30-12-26(30)13-31(41)45-55-20-36(57-45)24-8-4-22(5-9-24)23-6-10-25(11-7-23)37-21-56-46(58-37)39-19-27-18-38(27)61(39)47(64)43(60-48(65)66-2)29-16-34-35(17-29)50(34,53)54/h4-11,20-21,26-35,38-39,41-43H,3,12-19H2,1-2H3,(H,55,57)(H,56,58)(H,59,62)(H,60,65)/t26-,27-,28-,29-,30-,31-,32-,33+,34-,35+,38-,39+,41?,42?,43?/m1/s1. The van der Waals surface area contributed by atoms with Crippen molar-refractivity contribution in [3.63, 3.8) is 0 Å². The molecule has 0 bridgehead atoms. The molecular formula is C50H53F4N7O5. The molecule has 3 amide bonds. The Balaban J connectivity index is 0.709. The summed E-state index contributed by atoms with van der Waals surface area (Å²) in [4.78, 5) is 72.0. The number of nitrogens with one attached hydrogen (secondary N) is 4. The summed E-state index contributed by atoms with van der Waals surface area (Å²) < 4.78 is 61.3. The van der Waals surface area contributed by atoms with Gasteiger partial charge < -0.3 is 30.2 Å². The van der Waals surface area contributed by atoms with Crippen LogP contribution < -0.4 is 10.6 Å². The number of aromatic amines is 2. The molecule has 8 aliphatic rings. The first kappa shape index (κ1) is 41.9. The summed E-state index contributed by atoms with van der Waals surface area (Å²) in [6.07, 6.45) is 7.48. The van der Waals surface area contributed by atoms with Gasteiger partial charge in [-0.2, -0.15) is 0 Å². The Morgan fingerprint density at radius 3 is 1.79 bits per heavy atom. The number of carbonyl (C=O) groups excluding carboxylic acids is 4. The molecular weight excluding hydrogens is 855 g/mol. The van der Waals surface area contributed by atoms with Crippen molar-refractivity contribution in [2.24, 2.45) is 59.2 Å². The molecule has 4 N–H and O–H groups in total. The monoisotopic (exact) mass is 907 g/mol. The fraction of sp³-hybridized carbons (Fsp3) is 0.560. The number of alkyl halides is 4. The summed E-state index contributed by atoms with van der Waals surface area (Å²) in [5.74, 6) is -7.43. The maximum Gasteiger partial charge on any atom is 0.407 e. The van der Waals surface area contributed by atoms with Crippen molar-refractivity contribution >= 4 is 23.7 Å². The van der Waals surface area contributed by atoms with Crippen LogP contribution in [-0.4, -0.2) is 85.6 Å². The van der Waals surface area contributed by atoms with Gasteiger partial charge in [0.15, 0.2) is 5.78 Å². The van der Waals surface area contributed by atoms with Crippen molar-refractivity contribution in [3.8, 4) is 33.6 Å². The molecule has 66 heavy (non-hydrogen) atoms. The summed E-state index contributed by atoms with van der Waals surface area (Å²) in [7, 11) is 1.23. The smallest absolute Gasteiger partial charge is 0.407 e. The molecule has 2 aromatic carbocycles. The van der Waals surface area contributed by atoms with E-state index in [2.05, 4.69) is 20.6 Å². The van der Waals surface area contributed by atoms with Crippen LogP contribution in [0.1, 0.15) is 88.3 Å². The number of aromatic nitrogens is 4. The summed E-state index contributed by atoms with van der Waals surface area (Å²) in [6.45, 7) is 1.74. The Morgan fingerprint density at radius 1 is 0.697 bits per heavy atom. The lowest BCUT2D eigenvalue weighted by Gasteiger charge is -2.33. The van der Waals surface area contributed by atoms with Crippen LogP contribution in [0.2, 0.25) is 0 Å². The molecule has 8 fully saturated rings. The number of piperidine rings is 1. The minimum Gasteiger partial charge on any atom is -0.453 e. The quantitative estimate of drug-likeness (QED) is 0.0982. The molecule has 3 heterocycles.